The zero-order valence-electron chi connectivity index (χ0n) is 13.1. The molecule has 1 aromatic carbocycles. The lowest BCUT2D eigenvalue weighted by Crippen LogP contribution is -2.06. The molecule has 0 bridgehead atoms. The topological polar surface area (TPSA) is 62.1 Å². The molecule has 0 aliphatic heterocycles. The molecule has 130 valence electrons. The van der Waals surface area contributed by atoms with Crippen LogP contribution in [-0.4, -0.2) is 33.5 Å². The van der Waals surface area contributed by atoms with Crippen molar-refractivity contribution in [3.05, 3.63) is 54.2 Å². The van der Waals surface area contributed by atoms with Gasteiger partial charge in [0, 0.05) is 18.0 Å². The third kappa shape index (κ3) is 4.06. The fourth-order valence-corrected chi connectivity index (χ4v) is 2.20. The number of hydrogen-bond acceptors (Lipinski definition) is 5. The molecule has 25 heavy (non-hydrogen) atoms. The quantitative estimate of drug-likeness (QED) is 0.683. The van der Waals surface area contributed by atoms with E-state index in [4.69, 9.17) is 4.74 Å². The molecule has 3 rings (SSSR count). The number of rotatable bonds is 6. The number of ether oxygens (including phenoxy) is 2. The lowest BCUT2D eigenvalue weighted by molar-refractivity contribution is -0.0521. The van der Waals surface area contributed by atoms with E-state index in [1.54, 1.807) is 29.2 Å². The Morgan fingerprint density at radius 1 is 1.20 bits per heavy atom. The van der Waals surface area contributed by atoms with Gasteiger partial charge in [-0.05, 0) is 30.3 Å². The van der Waals surface area contributed by atoms with Crippen molar-refractivity contribution in [1.82, 2.24) is 19.7 Å². The van der Waals surface area contributed by atoms with Crippen molar-refractivity contribution in [3.8, 4) is 23.0 Å². The van der Waals surface area contributed by atoms with Crippen molar-refractivity contribution in [2.75, 3.05) is 7.11 Å². The van der Waals surface area contributed by atoms with E-state index in [1.807, 2.05) is 0 Å². The summed E-state index contributed by atoms with van der Waals surface area (Å²) in [5.41, 5.74) is 1.36. The smallest absolute Gasteiger partial charge is 0.387 e. The Bertz CT molecular complexity index is 857. The van der Waals surface area contributed by atoms with E-state index in [0.717, 1.165) is 12.1 Å². The highest BCUT2D eigenvalue weighted by Gasteiger charge is 2.14. The number of halogens is 3. The van der Waals surface area contributed by atoms with Gasteiger partial charge in [-0.1, -0.05) is 0 Å². The maximum atomic E-state index is 13.6. The van der Waals surface area contributed by atoms with Crippen molar-refractivity contribution in [1.29, 1.82) is 0 Å². The van der Waals surface area contributed by atoms with Gasteiger partial charge in [-0.15, -0.1) is 0 Å². The summed E-state index contributed by atoms with van der Waals surface area (Å²) in [6.45, 7) is -2.76. The average Bonchev–Trinajstić information content (AvgIpc) is 3.09. The van der Waals surface area contributed by atoms with Gasteiger partial charge in [-0.3, -0.25) is 4.68 Å². The van der Waals surface area contributed by atoms with Crippen LogP contribution >= 0.6 is 0 Å². The molecule has 0 unspecified atom stereocenters. The van der Waals surface area contributed by atoms with E-state index in [9.17, 15) is 13.2 Å². The van der Waals surface area contributed by atoms with Crippen molar-refractivity contribution in [2.24, 2.45) is 0 Å². The first-order chi connectivity index (χ1) is 12.0. The Morgan fingerprint density at radius 3 is 2.72 bits per heavy atom. The largest absolute Gasteiger partial charge is 0.467 e. The van der Waals surface area contributed by atoms with Crippen LogP contribution in [0.5, 0.6) is 11.8 Å². The molecule has 3 aromatic rings. The molecule has 0 atom stereocenters. The number of benzene rings is 1. The van der Waals surface area contributed by atoms with Crippen LogP contribution in [0.4, 0.5) is 13.2 Å². The molecule has 0 saturated carbocycles. The molecular formula is C16H13F3N4O2. The second-order valence-corrected chi connectivity index (χ2v) is 4.96. The summed E-state index contributed by atoms with van der Waals surface area (Å²) < 4.78 is 49.3. The Hall–Kier alpha value is -3.10. The Labute approximate surface area is 140 Å². The zero-order chi connectivity index (χ0) is 17.8. The van der Waals surface area contributed by atoms with Crippen LogP contribution in [0, 0.1) is 5.82 Å². The van der Waals surface area contributed by atoms with Crippen LogP contribution in [-0.2, 0) is 6.54 Å². The molecule has 0 amide bonds. The van der Waals surface area contributed by atoms with Crippen LogP contribution in [0.2, 0.25) is 0 Å². The number of alkyl halides is 2. The SMILES string of the molecule is COc1nc(Cn2cccn2)cc(-c2ccc(F)c(OC(F)F)c2)n1. The minimum absolute atomic E-state index is 0.0975. The van der Waals surface area contributed by atoms with Gasteiger partial charge in [0.2, 0.25) is 0 Å². The molecule has 0 saturated heterocycles. The minimum atomic E-state index is -3.12. The second-order valence-electron chi connectivity index (χ2n) is 4.96. The van der Waals surface area contributed by atoms with E-state index >= 15 is 0 Å². The number of nitrogens with zero attached hydrogens (tertiary/aromatic N) is 4. The number of aromatic nitrogens is 4. The maximum absolute atomic E-state index is 13.6. The lowest BCUT2D eigenvalue weighted by atomic mass is 10.1. The summed E-state index contributed by atoms with van der Waals surface area (Å²) in [7, 11) is 1.41. The molecular weight excluding hydrogens is 337 g/mol. The Morgan fingerprint density at radius 2 is 2.04 bits per heavy atom. The van der Waals surface area contributed by atoms with Crippen molar-refractivity contribution >= 4 is 0 Å². The van der Waals surface area contributed by atoms with E-state index < -0.39 is 18.2 Å². The van der Waals surface area contributed by atoms with Crippen LogP contribution in [0.1, 0.15) is 5.69 Å². The van der Waals surface area contributed by atoms with Crippen LogP contribution in [0.3, 0.4) is 0 Å². The molecule has 6 nitrogen and oxygen atoms in total. The van der Waals surface area contributed by atoms with Gasteiger partial charge in [-0.25, -0.2) is 4.39 Å². The summed E-state index contributed by atoms with van der Waals surface area (Å²) in [6.07, 6.45) is 3.40. The third-order valence-corrected chi connectivity index (χ3v) is 3.27. The standard InChI is InChI=1S/C16H13F3N4O2/c1-24-16-21-11(9-23-6-2-5-20-23)8-13(22-16)10-3-4-12(17)14(7-10)25-15(18)19/h2-8,15H,9H2,1H3. The average molecular weight is 350 g/mol. The van der Waals surface area contributed by atoms with Gasteiger partial charge in [0.15, 0.2) is 11.6 Å². The van der Waals surface area contributed by atoms with Gasteiger partial charge in [0.25, 0.3) is 0 Å². The zero-order valence-corrected chi connectivity index (χ0v) is 13.1. The highest BCUT2D eigenvalue weighted by atomic mass is 19.3. The maximum Gasteiger partial charge on any atom is 0.387 e. The van der Waals surface area contributed by atoms with Crippen LogP contribution in [0.25, 0.3) is 11.3 Å². The molecule has 9 heteroatoms. The van der Waals surface area contributed by atoms with Crippen LogP contribution < -0.4 is 9.47 Å². The molecule has 0 spiro atoms. The normalized spacial score (nSPS) is 10.9. The first-order valence-electron chi connectivity index (χ1n) is 7.19. The monoisotopic (exact) mass is 350 g/mol. The molecule has 0 N–H and O–H groups in total. The van der Waals surface area contributed by atoms with Crippen molar-refractivity contribution in [2.45, 2.75) is 13.2 Å². The first-order valence-corrected chi connectivity index (χ1v) is 7.19. The summed E-state index contributed by atoms with van der Waals surface area (Å²) in [5, 5.41) is 4.09. The fourth-order valence-electron chi connectivity index (χ4n) is 2.20. The summed E-state index contributed by atoms with van der Waals surface area (Å²) in [6, 6.07) is 7.11. The predicted molar refractivity (Wildman–Crippen MR) is 81.9 cm³/mol. The van der Waals surface area contributed by atoms with Crippen LogP contribution in [0.15, 0.2) is 42.7 Å². The van der Waals surface area contributed by atoms with Gasteiger partial charge in [0.1, 0.15) is 0 Å². The third-order valence-electron chi connectivity index (χ3n) is 3.27. The highest BCUT2D eigenvalue weighted by molar-refractivity contribution is 5.62. The highest BCUT2D eigenvalue weighted by Crippen LogP contribution is 2.28. The van der Waals surface area contributed by atoms with E-state index in [2.05, 4.69) is 19.8 Å². The molecule has 0 aliphatic carbocycles. The van der Waals surface area contributed by atoms with E-state index in [0.29, 0.717) is 23.5 Å². The van der Waals surface area contributed by atoms with Crippen molar-refractivity contribution in [3.63, 3.8) is 0 Å². The van der Waals surface area contributed by atoms with Gasteiger partial charge in [-0.2, -0.15) is 23.8 Å². The summed E-state index contributed by atoms with van der Waals surface area (Å²) >= 11 is 0. The first kappa shape index (κ1) is 16.7. The van der Waals surface area contributed by atoms with E-state index in [-0.39, 0.29) is 6.01 Å². The Balaban J connectivity index is 1.98. The predicted octanol–water partition coefficient (Wildman–Crippen LogP) is 3.14. The molecule has 2 heterocycles. The lowest BCUT2D eigenvalue weighted by Gasteiger charge is -2.10. The molecule has 0 aliphatic rings. The van der Waals surface area contributed by atoms with Gasteiger partial charge >= 0.3 is 12.6 Å². The summed E-state index contributed by atoms with van der Waals surface area (Å²) in [5.74, 6) is -1.44. The van der Waals surface area contributed by atoms with Crippen molar-refractivity contribution < 1.29 is 22.6 Å². The van der Waals surface area contributed by atoms with E-state index in [1.165, 1.54) is 13.2 Å². The minimum Gasteiger partial charge on any atom is -0.467 e. The Kier molecular flexibility index (Phi) is 4.82. The number of methoxy groups -OCH3 is 1. The second kappa shape index (κ2) is 7.20. The fraction of sp³-hybridized carbons (Fsp3) is 0.188. The van der Waals surface area contributed by atoms with Gasteiger partial charge in [0.05, 0.1) is 25.0 Å². The molecule has 0 fully saturated rings. The summed E-state index contributed by atoms with van der Waals surface area (Å²) in [4.78, 5) is 8.39. The molecule has 2 aromatic heterocycles. The molecule has 0 radical (unpaired) electrons. The van der Waals surface area contributed by atoms with Gasteiger partial charge < -0.3 is 9.47 Å². The number of hydrogen-bond donors (Lipinski definition) is 0.